The number of hydrogen-bond donors (Lipinski definition) is 1. The number of nitrogens with one attached hydrogen (secondary N) is 1. The summed E-state index contributed by atoms with van der Waals surface area (Å²) < 4.78 is 3.34. The minimum atomic E-state index is -0.906. The van der Waals surface area contributed by atoms with Crippen LogP contribution in [0.3, 0.4) is 0 Å². The minimum Gasteiger partial charge on any atom is -0.312 e. The zero-order valence-electron chi connectivity index (χ0n) is 19.3. The number of aromatic nitrogens is 7. The lowest BCUT2D eigenvalue weighted by atomic mass is 10.2. The van der Waals surface area contributed by atoms with Crippen molar-refractivity contribution in [1.82, 2.24) is 33.6 Å². The number of Topliss-reactive ketones (excluding diaryl/α,β-unsaturated/α-hetero) is 1. The first-order chi connectivity index (χ1) is 16.6. The van der Waals surface area contributed by atoms with Gasteiger partial charge in [-0.1, -0.05) is 11.6 Å². The molecule has 0 saturated heterocycles. The quantitative estimate of drug-likeness (QED) is 0.422. The third kappa shape index (κ3) is 4.47. The molecule has 0 fully saturated rings. The number of anilines is 1. The number of pyridine rings is 1. The molecule has 0 spiro atoms. The number of rotatable bonds is 6. The molecule has 1 N–H and O–H groups in total. The van der Waals surface area contributed by atoms with Crippen molar-refractivity contribution in [2.75, 3.05) is 5.32 Å². The summed E-state index contributed by atoms with van der Waals surface area (Å²) in [5.74, 6) is -0.673. The molecule has 0 aliphatic carbocycles. The molecule has 0 saturated carbocycles. The fourth-order valence-corrected chi connectivity index (χ4v) is 3.68. The maximum Gasteiger partial charge on any atom is 0.332 e. The summed E-state index contributed by atoms with van der Waals surface area (Å²) in [6.07, 6.45) is 5.80. The predicted molar refractivity (Wildman–Crippen MR) is 128 cm³/mol. The van der Waals surface area contributed by atoms with Crippen LogP contribution in [0, 0.1) is 6.92 Å². The van der Waals surface area contributed by atoms with Crippen molar-refractivity contribution >= 4 is 40.3 Å². The van der Waals surface area contributed by atoms with Crippen LogP contribution in [0.1, 0.15) is 25.6 Å². The van der Waals surface area contributed by atoms with Gasteiger partial charge >= 0.3 is 5.69 Å². The molecule has 4 aromatic rings. The molecule has 1 atom stereocenters. The van der Waals surface area contributed by atoms with E-state index in [0.29, 0.717) is 22.0 Å². The topological polar surface area (TPSA) is 147 Å². The van der Waals surface area contributed by atoms with Gasteiger partial charge in [-0.25, -0.2) is 14.8 Å². The van der Waals surface area contributed by atoms with Crippen LogP contribution in [0.2, 0.25) is 5.02 Å². The third-order valence-corrected chi connectivity index (χ3v) is 5.82. The van der Waals surface area contributed by atoms with Crippen LogP contribution in [0.25, 0.3) is 22.4 Å². The Balaban J connectivity index is 1.67. The second-order valence-electron chi connectivity index (χ2n) is 8.00. The van der Waals surface area contributed by atoms with Crippen molar-refractivity contribution in [2.24, 2.45) is 7.05 Å². The standard InChI is InChI=1S/C22H21ClN8O4/c1-11(32)9-30-21(34)18-19(29(4)22(30)35)26-10-31(18)13(3)20(33)28-17-8-24-7-16(27-17)14-5-15(23)12(2)25-6-14/h5-8,10,13H,9H2,1-4H3,(H,27,28,33). The molecular formula is C22H21ClN8O4. The summed E-state index contributed by atoms with van der Waals surface area (Å²) >= 11 is 6.15. The van der Waals surface area contributed by atoms with Crippen molar-refractivity contribution in [3.63, 3.8) is 0 Å². The highest BCUT2D eigenvalue weighted by Gasteiger charge is 2.23. The summed E-state index contributed by atoms with van der Waals surface area (Å²) in [4.78, 5) is 67.0. The number of aryl methyl sites for hydroxylation is 2. The van der Waals surface area contributed by atoms with Crippen LogP contribution in [-0.2, 0) is 23.2 Å². The molecule has 0 aromatic carbocycles. The largest absolute Gasteiger partial charge is 0.332 e. The van der Waals surface area contributed by atoms with Crippen LogP contribution in [0.4, 0.5) is 5.82 Å². The monoisotopic (exact) mass is 496 g/mol. The fraction of sp³-hybridized carbons (Fsp3) is 0.273. The zero-order valence-corrected chi connectivity index (χ0v) is 20.1. The molecule has 13 heteroatoms. The molecule has 4 rings (SSSR count). The normalized spacial score (nSPS) is 12.0. The Labute approximate surface area is 203 Å². The lowest BCUT2D eigenvalue weighted by Crippen LogP contribution is -2.41. The van der Waals surface area contributed by atoms with Gasteiger partial charge < -0.3 is 9.88 Å². The van der Waals surface area contributed by atoms with Crippen molar-refractivity contribution in [1.29, 1.82) is 0 Å². The Hall–Kier alpha value is -4.19. The number of halogens is 1. The molecule has 4 aromatic heterocycles. The number of fused-ring (bicyclic) bond motifs is 1. The Bertz CT molecular complexity index is 1600. The lowest BCUT2D eigenvalue weighted by Gasteiger charge is -2.15. The first-order valence-electron chi connectivity index (χ1n) is 10.5. The van der Waals surface area contributed by atoms with Crippen LogP contribution < -0.4 is 16.6 Å². The Kier molecular flexibility index (Phi) is 6.31. The van der Waals surface area contributed by atoms with Gasteiger partial charge in [0, 0.05) is 18.8 Å². The fourth-order valence-electron chi connectivity index (χ4n) is 3.51. The number of amides is 1. The maximum absolute atomic E-state index is 13.0. The van der Waals surface area contributed by atoms with E-state index in [1.54, 1.807) is 26.1 Å². The molecule has 0 bridgehead atoms. The number of ketones is 1. The lowest BCUT2D eigenvalue weighted by molar-refractivity contribution is -0.119. The van der Waals surface area contributed by atoms with E-state index in [4.69, 9.17) is 11.6 Å². The minimum absolute atomic E-state index is 0.0243. The number of carbonyl (C=O) groups is 2. The van der Waals surface area contributed by atoms with Gasteiger partial charge in [0.05, 0.1) is 41.7 Å². The van der Waals surface area contributed by atoms with E-state index in [9.17, 15) is 19.2 Å². The summed E-state index contributed by atoms with van der Waals surface area (Å²) in [7, 11) is 1.44. The summed E-state index contributed by atoms with van der Waals surface area (Å²) in [6.45, 7) is 4.24. The Morgan fingerprint density at radius 3 is 2.60 bits per heavy atom. The molecule has 180 valence electrons. The van der Waals surface area contributed by atoms with E-state index >= 15 is 0 Å². The number of nitrogens with zero attached hydrogens (tertiary/aromatic N) is 7. The van der Waals surface area contributed by atoms with E-state index in [2.05, 4.69) is 25.3 Å². The number of carbonyl (C=O) groups excluding carboxylic acids is 2. The van der Waals surface area contributed by atoms with Crippen molar-refractivity contribution in [3.8, 4) is 11.3 Å². The van der Waals surface area contributed by atoms with Gasteiger partial charge in [-0.3, -0.25) is 33.5 Å². The van der Waals surface area contributed by atoms with Gasteiger partial charge in [-0.2, -0.15) is 0 Å². The number of hydrogen-bond acceptors (Lipinski definition) is 8. The first-order valence-corrected chi connectivity index (χ1v) is 10.9. The van der Waals surface area contributed by atoms with Gasteiger partial charge in [0.2, 0.25) is 5.91 Å². The van der Waals surface area contributed by atoms with Crippen molar-refractivity contribution in [2.45, 2.75) is 33.4 Å². The SMILES string of the molecule is CC(=O)Cn1c(=O)c2c(ncn2C(C)C(=O)Nc2cncc(-c3cnc(C)c(Cl)c3)n2)n(C)c1=O. The number of imidazole rings is 1. The van der Waals surface area contributed by atoms with Gasteiger partial charge in [0.15, 0.2) is 17.0 Å². The molecule has 12 nitrogen and oxygen atoms in total. The van der Waals surface area contributed by atoms with Crippen LogP contribution in [0.5, 0.6) is 0 Å². The van der Waals surface area contributed by atoms with Crippen molar-refractivity contribution in [3.05, 3.63) is 62.5 Å². The Morgan fingerprint density at radius 1 is 1.17 bits per heavy atom. The third-order valence-electron chi connectivity index (χ3n) is 5.44. The molecule has 1 unspecified atom stereocenters. The molecule has 0 aliphatic rings. The summed E-state index contributed by atoms with van der Waals surface area (Å²) in [6, 6.07) is 0.799. The van der Waals surface area contributed by atoms with Gasteiger partial charge in [-0.15, -0.1) is 0 Å². The van der Waals surface area contributed by atoms with Crippen molar-refractivity contribution < 1.29 is 9.59 Å². The second-order valence-corrected chi connectivity index (χ2v) is 8.41. The van der Waals surface area contributed by atoms with E-state index in [1.165, 1.54) is 37.3 Å². The second kappa shape index (κ2) is 9.22. The van der Waals surface area contributed by atoms with E-state index < -0.39 is 23.2 Å². The average molecular weight is 497 g/mol. The van der Waals surface area contributed by atoms with E-state index in [-0.39, 0.29) is 29.3 Å². The van der Waals surface area contributed by atoms with Crippen LogP contribution in [0.15, 0.2) is 40.6 Å². The molecule has 1 amide bonds. The highest BCUT2D eigenvalue weighted by molar-refractivity contribution is 6.31. The molecule has 0 radical (unpaired) electrons. The Morgan fingerprint density at radius 2 is 1.91 bits per heavy atom. The summed E-state index contributed by atoms with van der Waals surface area (Å²) in [5.41, 5.74) is 0.513. The van der Waals surface area contributed by atoms with E-state index in [1.807, 2.05) is 0 Å². The first kappa shape index (κ1) is 24.0. The summed E-state index contributed by atoms with van der Waals surface area (Å²) in [5, 5.41) is 3.15. The van der Waals surface area contributed by atoms with E-state index in [0.717, 1.165) is 9.13 Å². The molecule has 0 aliphatic heterocycles. The zero-order chi connectivity index (χ0) is 25.4. The van der Waals surface area contributed by atoms with Crippen LogP contribution >= 0.6 is 11.6 Å². The highest BCUT2D eigenvalue weighted by atomic mass is 35.5. The van der Waals surface area contributed by atoms with Gasteiger partial charge in [0.1, 0.15) is 11.8 Å². The van der Waals surface area contributed by atoms with Gasteiger partial charge in [-0.05, 0) is 26.8 Å². The molecular weight excluding hydrogens is 476 g/mol. The molecule has 35 heavy (non-hydrogen) atoms. The van der Waals surface area contributed by atoms with Crippen LogP contribution in [-0.4, -0.2) is 45.3 Å². The predicted octanol–water partition coefficient (Wildman–Crippen LogP) is 1.50. The smallest absolute Gasteiger partial charge is 0.312 e. The average Bonchev–Trinajstić information content (AvgIpc) is 3.27. The molecule has 4 heterocycles. The maximum atomic E-state index is 13.0. The highest BCUT2D eigenvalue weighted by Crippen LogP contribution is 2.23. The van der Waals surface area contributed by atoms with Gasteiger partial charge in [0.25, 0.3) is 5.56 Å².